The number of nitrogens with one attached hydrogen (secondary N) is 1. The maximum Gasteiger partial charge on any atom is 0.237 e. The van der Waals surface area contributed by atoms with Crippen molar-refractivity contribution in [1.82, 2.24) is 24.8 Å². The summed E-state index contributed by atoms with van der Waals surface area (Å²) in [6, 6.07) is 7.91. The highest BCUT2D eigenvalue weighted by Gasteiger charge is 2.27. The number of piperidine rings is 1. The van der Waals surface area contributed by atoms with Gasteiger partial charge in [-0.1, -0.05) is 19.9 Å². The van der Waals surface area contributed by atoms with E-state index >= 15 is 0 Å². The van der Waals surface area contributed by atoms with E-state index in [1.54, 1.807) is 12.5 Å². The van der Waals surface area contributed by atoms with Crippen LogP contribution in [-0.4, -0.2) is 44.8 Å². The number of imidazole rings is 1. The molecule has 1 aromatic carbocycles. The summed E-state index contributed by atoms with van der Waals surface area (Å²) in [6.07, 6.45) is 8.84. The van der Waals surface area contributed by atoms with Crippen molar-refractivity contribution in [2.45, 2.75) is 58.0 Å². The van der Waals surface area contributed by atoms with Crippen molar-refractivity contribution in [2.75, 3.05) is 18.2 Å². The minimum atomic E-state index is 0.0301. The van der Waals surface area contributed by atoms with Crippen LogP contribution < -0.4 is 19.7 Å². The summed E-state index contributed by atoms with van der Waals surface area (Å²) in [4.78, 5) is 28.9. The number of carbonyl (C=O) groups is 1. The average molecular weight is 463 g/mol. The number of benzene rings is 1. The molecule has 3 aromatic rings. The number of ether oxygens (including phenoxy) is 2. The Balaban J connectivity index is 1.30. The Morgan fingerprint density at radius 3 is 2.88 bits per heavy atom. The van der Waals surface area contributed by atoms with Gasteiger partial charge in [0.2, 0.25) is 18.6 Å². The molecule has 1 atom stereocenters. The normalized spacial score (nSPS) is 17.3. The number of carbonyl (C=O) groups excluding carboxylic acids is 1. The zero-order chi connectivity index (χ0) is 23.5. The van der Waals surface area contributed by atoms with Crippen molar-refractivity contribution in [3.8, 4) is 17.4 Å². The molecule has 9 heteroatoms. The molecule has 9 nitrogen and oxygen atoms in total. The van der Waals surface area contributed by atoms with Crippen molar-refractivity contribution < 1.29 is 14.3 Å². The van der Waals surface area contributed by atoms with E-state index in [1.165, 1.54) is 0 Å². The van der Waals surface area contributed by atoms with Gasteiger partial charge < -0.3 is 19.7 Å². The van der Waals surface area contributed by atoms with E-state index in [0.717, 1.165) is 54.4 Å². The number of nitrogens with zero attached hydrogens (tertiary/aromatic N) is 5. The average Bonchev–Trinajstić information content (AvgIpc) is 3.55. The predicted octanol–water partition coefficient (Wildman–Crippen LogP) is 3.58. The van der Waals surface area contributed by atoms with E-state index in [1.807, 2.05) is 29.0 Å². The van der Waals surface area contributed by atoms with Crippen LogP contribution in [0.15, 0.2) is 43.0 Å². The number of amides is 1. The second-order valence-corrected chi connectivity index (χ2v) is 9.09. The molecule has 1 saturated heterocycles. The van der Waals surface area contributed by atoms with Crippen molar-refractivity contribution in [2.24, 2.45) is 0 Å². The molecule has 0 spiro atoms. The number of fused-ring (bicyclic) bond motifs is 1. The van der Waals surface area contributed by atoms with Crippen molar-refractivity contribution in [1.29, 1.82) is 0 Å². The number of hydrogen-bond donors (Lipinski definition) is 1. The molecule has 1 fully saturated rings. The fraction of sp³-hybridized carbons (Fsp3) is 0.440. The molecule has 5 rings (SSSR count). The van der Waals surface area contributed by atoms with Gasteiger partial charge in [-0.25, -0.2) is 9.97 Å². The van der Waals surface area contributed by atoms with E-state index in [-0.39, 0.29) is 24.7 Å². The Labute approximate surface area is 199 Å². The van der Waals surface area contributed by atoms with Crippen LogP contribution in [0.5, 0.6) is 11.5 Å². The Hall–Kier alpha value is -3.62. The van der Waals surface area contributed by atoms with E-state index in [9.17, 15) is 4.79 Å². The van der Waals surface area contributed by atoms with Crippen LogP contribution in [0.3, 0.4) is 0 Å². The lowest BCUT2D eigenvalue weighted by molar-refractivity contribution is -0.121. The fourth-order valence-corrected chi connectivity index (χ4v) is 4.43. The molecule has 1 unspecified atom stereocenters. The molecule has 1 N–H and O–H groups in total. The molecule has 2 aliphatic rings. The Morgan fingerprint density at radius 2 is 2.06 bits per heavy atom. The zero-order valence-electron chi connectivity index (χ0n) is 19.6. The first-order valence-electron chi connectivity index (χ1n) is 11.9. The first-order chi connectivity index (χ1) is 16.6. The maximum absolute atomic E-state index is 12.9. The highest BCUT2D eigenvalue weighted by atomic mass is 16.7. The zero-order valence-corrected chi connectivity index (χ0v) is 19.6. The molecule has 34 heavy (non-hydrogen) atoms. The molecule has 2 aliphatic heterocycles. The number of anilines is 1. The first-order valence-corrected chi connectivity index (χ1v) is 11.9. The van der Waals surface area contributed by atoms with Crippen LogP contribution in [0, 0.1) is 0 Å². The van der Waals surface area contributed by atoms with E-state index in [4.69, 9.17) is 19.4 Å². The first kappa shape index (κ1) is 22.2. The van der Waals surface area contributed by atoms with Gasteiger partial charge in [-0.05, 0) is 42.9 Å². The summed E-state index contributed by atoms with van der Waals surface area (Å²) in [5, 5.41) is 3.07. The van der Waals surface area contributed by atoms with Crippen molar-refractivity contribution in [3.05, 3.63) is 54.2 Å². The highest BCUT2D eigenvalue weighted by molar-refractivity contribution is 5.77. The third-order valence-corrected chi connectivity index (χ3v) is 6.32. The summed E-state index contributed by atoms with van der Waals surface area (Å²) >= 11 is 0. The third kappa shape index (κ3) is 4.83. The van der Waals surface area contributed by atoms with Gasteiger partial charge in [-0.3, -0.25) is 9.36 Å². The minimum Gasteiger partial charge on any atom is -0.454 e. The topological polar surface area (TPSA) is 94.4 Å². The standard InChI is InChI=1S/C25H30N6O3/c1-17(2)20-13-23(29-25(28-20)30-10-8-26-15-30)31-9-4-3-5-19(31)12-24(32)27-14-18-6-7-21-22(11-18)34-16-33-21/h6-8,10-11,13,15,17,19H,3-5,9,12,14,16H2,1-2H3,(H,27,32). The molecule has 0 aliphatic carbocycles. The molecule has 2 aromatic heterocycles. The van der Waals surface area contributed by atoms with Gasteiger partial charge in [0.15, 0.2) is 11.5 Å². The van der Waals surface area contributed by atoms with Crippen LogP contribution in [0.4, 0.5) is 5.82 Å². The van der Waals surface area contributed by atoms with E-state index in [0.29, 0.717) is 18.9 Å². The summed E-state index contributed by atoms with van der Waals surface area (Å²) in [6.45, 7) is 5.82. The number of hydrogen-bond acceptors (Lipinski definition) is 7. The van der Waals surface area contributed by atoms with E-state index in [2.05, 4.69) is 35.1 Å². The number of aromatic nitrogens is 4. The predicted molar refractivity (Wildman–Crippen MR) is 127 cm³/mol. The van der Waals surface area contributed by atoms with E-state index < -0.39 is 0 Å². The quantitative estimate of drug-likeness (QED) is 0.573. The van der Waals surface area contributed by atoms with Gasteiger partial charge in [0.1, 0.15) is 12.1 Å². The fourth-order valence-electron chi connectivity index (χ4n) is 4.43. The summed E-state index contributed by atoms with van der Waals surface area (Å²) in [5.41, 5.74) is 1.96. The monoisotopic (exact) mass is 462 g/mol. The largest absolute Gasteiger partial charge is 0.454 e. The molecule has 0 radical (unpaired) electrons. The molecule has 0 saturated carbocycles. The second-order valence-electron chi connectivity index (χ2n) is 9.09. The molecule has 1 amide bonds. The van der Waals surface area contributed by atoms with Gasteiger partial charge >= 0.3 is 0 Å². The maximum atomic E-state index is 12.9. The molecular formula is C25H30N6O3. The highest BCUT2D eigenvalue weighted by Crippen LogP contribution is 2.32. The summed E-state index contributed by atoms with van der Waals surface area (Å²) in [5.74, 6) is 3.24. The van der Waals surface area contributed by atoms with Gasteiger partial charge in [-0.2, -0.15) is 4.98 Å². The number of rotatable bonds is 7. The summed E-state index contributed by atoms with van der Waals surface area (Å²) < 4.78 is 12.6. The lowest BCUT2D eigenvalue weighted by Gasteiger charge is -2.36. The Bertz CT molecular complexity index is 1150. The van der Waals surface area contributed by atoms with Gasteiger partial charge in [0, 0.05) is 44.0 Å². The van der Waals surface area contributed by atoms with Crippen LogP contribution >= 0.6 is 0 Å². The Kier molecular flexibility index (Phi) is 6.33. The molecule has 178 valence electrons. The van der Waals surface area contributed by atoms with Crippen LogP contribution in [-0.2, 0) is 11.3 Å². The van der Waals surface area contributed by atoms with Crippen LogP contribution in [0.1, 0.15) is 56.7 Å². The van der Waals surface area contributed by atoms with Crippen molar-refractivity contribution in [3.63, 3.8) is 0 Å². The lowest BCUT2D eigenvalue weighted by atomic mass is 9.98. The lowest BCUT2D eigenvalue weighted by Crippen LogP contribution is -2.43. The third-order valence-electron chi connectivity index (χ3n) is 6.32. The SMILES string of the molecule is CC(C)c1cc(N2CCCCC2CC(=O)NCc2ccc3c(c2)OCO3)nc(-n2ccnc2)n1. The summed E-state index contributed by atoms with van der Waals surface area (Å²) in [7, 11) is 0. The Morgan fingerprint density at radius 1 is 1.18 bits per heavy atom. The van der Waals surface area contributed by atoms with Crippen LogP contribution in [0.2, 0.25) is 0 Å². The molecule has 4 heterocycles. The van der Waals surface area contributed by atoms with Crippen molar-refractivity contribution >= 4 is 11.7 Å². The second kappa shape index (κ2) is 9.70. The smallest absolute Gasteiger partial charge is 0.237 e. The van der Waals surface area contributed by atoms with Gasteiger partial charge in [0.05, 0.1) is 5.69 Å². The van der Waals surface area contributed by atoms with Gasteiger partial charge in [-0.15, -0.1) is 0 Å². The molecular weight excluding hydrogens is 432 g/mol. The van der Waals surface area contributed by atoms with Crippen LogP contribution in [0.25, 0.3) is 5.95 Å². The minimum absolute atomic E-state index is 0.0301. The van der Waals surface area contributed by atoms with Gasteiger partial charge in [0.25, 0.3) is 0 Å². The molecule has 0 bridgehead atoms.